The van der Waals surface area contributed by atoms with Crippen molar-refractivity contribution in [3.8, 4) is 0 Å². The number of methoxy groups -OCH3 is 1. The van der Waals surface area contributed by atoms with Crippen LogP contribution in [0, 0.1) is 5.82 Å². The van der Waals surface area contributed by atoms with Crippen molar-refractivity contribution in [3.63, 3.8) is 0 Å². The van der Waals surface area contributed by atoms with Crippen molar-refractivity contribution >= 4 is 5.91 Å². The minimum Gasteiger partial charge on any atom is -0.383 e. The van der Waals surface area contributed by atoms with Crippen molar-refractivity contribution < 1.29 is 13.9 Å². The average molecular weight is 283 g/mol. The topological polar surface area (TPSA) is 63.2 Å². The highest BCUT2D eigenvalue weighted by atomic mass is 19.1. The van der Waals surface area contributed by atoms with Gasteiger partial charge in [0.15, 0.2) is 0 Å². The van der Waals surface area contributed by atoms with Crippen LogP contribution in [0.4, 0.5) is 4.39 Å². The van der Waals surface area contributed by atoms with E-state index >= 15 is 0 Å². The van der Waals surface area contributed by atoms with Gasteiger partial charge in [0.1, 0.15) is 5.82 Å². The molecule has 0 saturated heterocycles. The van der Waals surface area contributed by atoms with E-state index in [1.807, 2.05) is 6.92 Å². The van der Waals surface area contributed by atoms with Crippen LogP contribution in [0.3, 0.4) is 0 Å². The lowest BCUT2D eigenvalue weighted by Crippen LogP contribution is -2.44. The number of pyridine rings is 1. The van der Waals surface area contributed by atoms with Crippen molar-refractivity contribution in [1.29, 1.82) is 0 Å². The number of ether oxygens (including phenoxy) is 1. The molecule has 1 aromatic rings. The smallest absolute Gasteiger partial charge is 0.236 e. The number of aromatic nitrogens is 1. The van der Waals surface area contributed by atoms with Gasteiger partial charge in [-0.3, -0.25) is 15.1 Å². The minimum absolute atomic E-state index is 0.0845. The van der Waals surface area contributed by atoms with E-state index in [4.69, 9.17) is 4.74 Å². The van der Waals surface area contributed by atoms with Crippen molar-refractivity contribution in [2.24, 2.45) is 0 Å². The average Bonchev–Trinajstić information content (AvgIpc) is 2.45. The monoisotopic (exact) mass is 283 g/mol. The van der Waals surface area contributed by atoms with Gasteiger partial charge in [-0.15, -0.1) is 0 Å². The molecule has 0 aliphatic rings. The highest BCUT2D eigenvalue weighted by molar-refractivity contribution is 5.81. The molecule has 0 spiro atoms. The Bertz CT molecular complexity index is 411. The molecule has 2 N–H and O–H groups in total. The third-order valence-corrected chi connectivity index (χ3v) is 2.97. The van der Waals surface area contributed by atoms with Crippen LogP contribution in [0.2, 0.25) is 0 Å². The van der Waals surface area contributed by atoms with E-state index in [1.54, 1.807) is 20.1 Å². The van der Waals surface area contributed by atoms with Gasteiger partial charge in [0.25, 0.3) is 0 Å². The summed E-state index contributed by atoms with van der Waals surface area (Å²) < 4.78 is 17.7. The molecular formula is C14H22FN3O2. The zero-order valence-electron chi connectivity index (χ0n) is 12.1. The largest absolute Gasteiger partial charge is 0.383 e. The Kier molecular flexibility index (Phi) is 7.11. The lowest BCUT2D eigenvalue weighted by molar-refractivity contribution is -0.123. The second-order valence-corrected chi connectivity index (χ2v) is 4.53. The van der Waals surface area contributed by atoms with Crippen molar-refractivity contribution in [2.75, 3.05) is 20.3 Å². The maximum absolute atomic E-state index is 12.9. The molecule has 1 amide bonds. The van der Waals surface area contributed by atoms with Crippen LogP contribution in [0.25, 0.3) is 0 Å². The van der Waals surface area contributed by atoms with E-state index in [0.29, 0.717) is 13.2 Å². The highest BCUT2D eigenvalue weighted by Crippen LogP contribution is 2.14. The zero-order valence-corrected chi connectivity index (χ0v) is 12.1. The Hall–Kier alpha value is -1.53. The number of rotatable bonds is 8. The molecule has 1 rings (SSSR count). The van der Waals surface area contributed by atoms with Gasteiger partial charge >= 0.3 is 0 Å². The molecule has 2 unspecified atom stereocenters. The summed E-state index contributed by atoms with van der Waals surface area (Å²) in [6.45, 7) is 4.73. The predicted octanol–water partition coefficient (Wildman–Crippen LogP) is 1.41. The van der Waals surface area contributed by atoms with Crippen molar-refractivity contribution in [1.82, 2.24) is 15.6 Å². The Labute approximate surface area is 118 Å². The first kappa shape index (κ1) is 16.5. The Morgan fingerprint density at radius 1 is 1.50 bits per heavy atom. The van der Waals surface area contributed by atoms with E-state index in [9.17, 15) is 9.18 Å². The first-order chi connectivity index (χ1) is 9.58. The number of amides is 1. The molecule has 20 heavy (non-hydrogen) atoms. The third kappa shape index (κ3) is 5.22. The lowest BCUT2D eigenvalue weighted by Gasteiger charge is -2.21. The SMILES string of the molecule is CCC(NC(C)C(=O)NCCOC)c1ccc(F)cn1. The van der Waals surface area contributed by atoms with Gasteiger partial charge in [0.2, 0.25) is 5.91 Å². The van der Waals surface area contributed by atoms with Crippen LogP contribution in [0.15, 0.2) is 18.3 Å². The summed E-state index contributed by atoms with van der Waals surface area (Å²) in [5.74, 6) is -0.462. The fourth-order valence-corrected chi connectivity index (χ4v) is 1.81. The van der Waals surface area contributed by atoms with E-state index in [-0.39, 0.29) is 23.8 Å². The van der Waals surface area contributed by atoms with Crippen molar-refractivity contribution in [3.05, 3.63) is 29.8 Å². The summed E-state index contributed by atoms with van der Waals surface area (Å²) in [4.78, 5) is 15.9. The second-order valence-electron chi connectivity index (χ2n) is 4.53. The van der Waals surface area contributed by atoms with Gasteiger partial charge in [0, 0.05) is 19.7 Å². The van der Waals surface area contributed by atoms with E-state index in [0.717, 1.165) is 12.1 Å². The normalized spacial score (nSPS) is 13.8. The van der Waals surface area contributed by atoms with Gasteiger partial charge in [-0.1, -0.05) is 6.92 Å². The molecule has 0 saturated carbocycles. The molecule has 6 heteroatoms. The van der Waals surface area contributed by atoms with Gasteiger partial charge in [-0.2, -0.15) is 0 Å². The molecule has 0 fully saturated rings. The van der Waals surface area contributed by atoms with Gasteiger partial charge in [0.05, 0.1) is 24.5 Å². The fourth-order valence-electron chi connectivity index (χ4n) is 1.81. The first-order valence-electron chi connectivity index (χ1n) is 6.72. The molecule has 1 aromatic heterocycles. The lowest BCUT2D eigenvalue weighted by atomic mass is 10.1. The Morgan fingerprint density at radius 3 is 2.80 bits per heavy atom. The molecule has 0 radical (unpaired) electrons. The molecule has 1 heterocycles. The number of hydrogen-bond acceptors (Lipinski definition) is 4. The second kappa shape index (κ2) is 8.60. The number of hydrogen-bond donors (Lipinski definition) is 2. The molecular weight excluding hydrogens is 261 g/mol. The van der Waals surface area contributed by atoms with Crippen LogP contribution in [0.1, 0.15) is 32.0 Å². The predicted molar refractivity (Wildman–Crippen MR) is 74.7 cm³/mol. The number of nitrogens with zero attached hydrogens (tertiary/aromatic N) is 1. The van der Waals surface area contributed by atoms with E-state index < -0.39 is 0 Å². The molecule has 0 aliphatic carbocycles. The number of halogens is 1. The maximum Gasteiger partial charge on any atom is 0.236 e. The number of carbonyl (C=O) groups excluding carboxylic acids is 1. The molecule has 2 atom stereocenters. The fraction of sp³-hybridized carbons (Fsp3) is 0.571. The summed E-state index contributed by atoms with van der Waals surface area (Å²) in [6, 6.07) is 2.56. The molecule has 112 valence electrons. The summed E-state index contributed by atoms with van der Waals surface area (Å²) in [5, 5.41) is 5.96. The van der Waals surface area contributed by atoms with Crippen LogP contribution in [-0.2, 0) is 9.53 Å². The van der Waals surface area contributed by atoms with Gasteiger partial charge in [-0.05, 0) is 25.5 Å². The third-order valence-electron chi connectivity index (χ3n) is 2.97. The van der Waals surface area contributed by atoms with Crippen LogP contribution >= 0.6 is 0 Å². The summed E-state index contributed by atoms with van der Waals surface area (Å²) in [5.41, 5.74) is 0.727. The van der Waals surface area contributed by atoms with E-state index in [2.05, 4.69) is 15.6 Å². The first-order valence-corrected chi connectivity index (χ1v) is 6.72. The summed E-state index contributed by atoms with van der Waals surface area (Å²) in [7, 11) is 1.58. The van der Waals surface area contributed by atoms with Crippen LogP contribution < -0.4 is 10.6 Å². The Morgan fingerprint density at radius 2 is 2.25 bits per heavy atom. The molecule has 0 bridgehead atoms. The molecule has 0 aromatic carbocycles. The molecule has 0 aliphatic heterocycles. The van der Waals surface area contributed by atoms with Crippen molar-refractivity contribution in [2.45, 2.75) is 32.4 Å². The van der Waals surface area contributed by atoms with E-state index in [1.165, 1.54) is 12.3 Å². The quantitative estimate of drug-likeness (QED) is 0.708. The zero-order chi connectivity index (χ0) is 15.0. The standard InChI is InChI=1S/C14H22FN3O2/c1-4-12(13-6-5-11(15)9-17-13)18-10(2)14(19)16-7-8-20-3/h5-6,9-10,12,18H,4,7-8H2,1-3H3,(H,16,19). The van der Waals surface area contributed by atoms with Crippen LogP contribution in [0.5, 0.6) is 0 Å². The van der Waals surface area contributed by atoms with Gasteiger partial charge < -0.3 is 10.1 Å². The molecule has 5 nitrogen and oxygen atoms in total. The minimum atomic E-state index is -0.367. The number of nitrogens with one attached hydrogen (secondary N) is 2. The van der Waals surface area contributed by atoms with Gasteiger partial charge in [-0.25, -0.2) is 4.39 Å². The number of carbonyl (C=O) groups is 1. The summed E-state index contributed by atoms with van der Waals surface area (Å²) in [6.07, 6.45) is 1.94. The maximum atomic E-state index is 12.9. The summed E-state index contributed by atoms with van der Waals surface area (Å²) >= 11 is 0. The highest BCUT2D eigenvalue weighted by Gasteiger charge is 2.18. The van der Waals surface area contributed by atoms with Crippen LogP contribution in [-0.4, -0.2) is 37.2 Å². The Balaban J connectivity index is 2.54.